The van der Waals surface area contributed by atoms with Crippen molar-refractivity contribution in [3.8, 4) is 0 Å². The monoisotopic (exact) mass is 215 g/mol. The molecule has 3 rings (SSSR count). The fourth-order valence-electron chi connectivity index (χ4n) is 2.77. The first-order valence-electron chi connectivity index (χ1n) is 6.65. The Kier molecular flexibility index (Phi) is 2.72. The van der Waals surface area contributed by atoms with Crippen LogP contribution in [-0.2, 0) is 0 Å². The molecule has 86 valence electrons. The molecule has 0 radical (unpaired) electrons. The van der Waals surface area contributed by atoms with Gasteiger partial charge in [0.1, 0.15) is 0 Å². The van der Waals surface area contributed by atoms with E-state index in [-0.39, 0.29) is 0 Å². The van der Waals surface area contributed by atoms with Gasteiger partial charge in [0.2, 0.25) is 0 Å². The maximum atomic E-state index is 3.86. The van der Waals surface area contributed by atoms with Crippen LogP contribution < -0.4 is 5.32 Å². The molecule has 2 saturated carbocycles. The molecule has 0 bridgehead atoms. The molecular weight excluding hydrogens is 194 g/mol. The van der Waals surface area contributed by atoms with Crippen molar-refractivity contribution in [2.24, 2.45) is 11.8 Å². The minimum Gasteiger partial charge on any atom is -0.307 e. The van der Waals surface area contributed by atoms with Gasteiger partial charge in [-0.3, -0.25) is 0 Å². The summed E-state index contributed by atoms with van der Waals surface area (Å²) in [6, 6.07) is 12.4. The van der Waals surface area contributed by atoms with Crippen LogP contribution in [0.2, 0.25) is 0 Å². The van der Waals surface area contributed by atoms with Gasteiger partial charge in [0.25, 0.3) is 0 Å². The molecule has 0 spiro atoms. The molecular formula is C15H21N. The SMILES string of the molecule is CC1CC1C(NC1CCC1)c1ccccc1. The van der Waals surface area contributed by atoms with Gasteiger partial charge in [-0.25, -0.2) is 0 Å². The fraction of sp³-hybridized carbons (Fsp3) is 0.600. The third kappa shape index (κ3) is 2.01. The molecule has 2 fully saturated rings. The Morgan fingerprint density at radius 3 is 2.38 bits per heavy atom. The molecule has 3 unspecified atom stereocenters. The van der Waals surface area contributed by atoms with E-state index in [4.69, 9.17) is 0 Å². The summed E-state index contributed by atoms with van der Waals surface area (Å²) in [5.41, 5.74) is 1.49. The molecule has 16 heavy (non-hydrogen) atoms. The van der Waals surface area contributed by atoms with E-state index in [1.807, 2.05) is 0 Å². The topological polar surface area (TPSA) is 12.0 Å². The second-order valence-corrected chi connectivity index (χ2v) is 5.56. The van der Waals surface area contributed by atoms with E-state index in [1.165, 1.54) is 31.2 Å². The summed E-state index contributed by atoms with van der Waals surface area (Å²) in [5.74, 6) is 1.79. The van der Waals surface area contributed by atoms with E-state index in [2.05, 4.69) is 42.6 Å². The number of nitrogens with one attached hydrogen (secondary N) is 1. The summed E-state index contributed by atoms with van der Waals surface area (Å²) in [6.45, 7) is 2.38. The molecule has 0 aliphatic heterocycles. The molecule has 2 aliphatic rings. The van der Waals surface area contributed by atoms with Crippen LogP contribution in [0.15, 0.2) is 30.3 Å². The van der Waals surface area contributed by atoms with Gasteiger partial charge in [0.05, 0.1) is 0 Å². The molecule has 0 heterocycles. The Hall–Kier alpha value is -0.820. The predicted octanol–water partition coefficient (Wildman–Crippen LogP) is 3.53. The van der Waals surface area contributed by atoms with Crippen molar-refractivity contribution in [3.63, 3.8) is 0 Å². The molecule has 0 aromatic heterocycles. The van der Waals surface area contributed by atoms with Gasteiger partial charge in [-0.1, -0.05) is 43.7 Å². The highest BCUT2D eigenvalue weighted by Gasteiger charge is 2.41. The minimum absolute atomic E-state index is 0.612. The van der Waals surface area contributed by atoms with Crippen molar-refractivity contribution < 1.29 is 0 Å². The zero-order chi connectivity index (χ0) is 11.0. The van der Waals surface area contributed by atoms with Crippen LogP contribution in [0.4, 0.5) is 0 Å². The first kappa shape index (κ1) is 10.3. The third-order valence-corrected chi connectivity index (χ3v) is 4.28. The number of rotatable bonds is 4. The van der Waals surface area contributed by atoms with E-state index in [1.54, 1.807) is 0 Å². The molecule has 1 nitrogen and oxygen atoms in total. The van der Waals surface area contributed by atoms with E-state index < -0.39 is 0 Å². The zero-order valence-corrected chi connectivity index (χ0v) is 10.0. The van der Waals surface area contributed by atoms with Crippen molar-refractivity contribution in [3.05, 3.63) is 35.9 Å². The molecule has 1 heteroatoms. The van der Waals surface area contributed by atoms with E-state index in [0.717, 1.165) is 17.9 Å². The highest BCUT2D eigenvalue weighted by atomic mass is 15.0. The largest absolute Gasteiger partial charge is 0.307 e. The molecule has 1 N–H and O–H groups in total. The Labute approximate surface area is 98.3 Å². The molecule has 0 saturated heterocycles. The zero-order valence-electron chi connectivity index (χ0n) is 10.0. The number of benzene rings is 1. The van der Waals surface area contributed by atoms with Crippen molar-refractivity contribution >= 4 is 0 Å². The lowest BCUT2D eigenvalue weighted by atomic mass is 9.90. The maximum Gasteiger partial charge on any atom is 0.0353 e. The Bertz CT molecular complexity index is 342. The minimum atomic E-state index is 0.612. The molecule has 0 amide bonds. The number of hydrogen-bond donors (Lipinski definition) is 1. The Morgan fingerprint density at radius 2 is 1.88 bits per heavy atom. The van der Waals surface area contributed by atoms with Gasteiger partial charge in [-0.15, -0.1) is 0 Å². The van der Waals surface area contributed by atoms with Crippen LogP contribution in [0.3, 0.4) is 0 Å². The molecule has 2 aliphatic carbocycles. The second-order valence-electron chi connectivity index (χ2n) is 5.56. The molecule has 1 aromatic carbocycles. The van der Waals surface area contributed by atoms with Crippen molar-refractivity contribution in [2.75, 3.05) is 0 Å². The average Bonchev–Trinajstić information content (AvgIpc) is 2.95. The van der Waals surface area contributed by atoms with Crippen molar-refractivity contribution in [2.45, 2.75) is 44.7 Å². The summed E-state index contributed by atoms with van der Waals surface area (Å²) in [6.07, 6.45) is 5.58. The predicted molar refractivity (Wildman–Crippen MR) is 67.2 cm³/mol. The Morgan fingerprint density at radius 1 is 1.19 bits per heavy atom. The van der Waals surface area contributed by atoms with Crippen molar-refractivity contribution in [1.29, 1.82) is 0 Å². The van der Waals surface area contributed by atoms with Crippen LogP contribution in [0.5, 0.6) is 0 Å². The summed E-state index contributed by atoms with van der Waals surface area (Å²) >= 11 is 0. The smallest absolute Gasteiger partial charge is 0.0353 e. The molecule has 3 atom stereocenters. The third-order valence-electron chi connectivity index (χ3n) is 4.28. The summed E-state index contributed by atoms with van der Waals surface area (Å²) in [5, 5.41) is 3.86. The average molecular weight is 215 g/mol. The lowest BCUT2D eigenvalue weighted by Crippen LogP contribution is -2.38. The first-order chi connectivity index (χ1) is 7.84. The standard InChI is InChI=1S/C15H21N/c1-11-10-14(11)15(16-13-8-5-9-13)12-6-3-2-4-7-12/h2-4,6-7,11,13-16H,5,8-10H2,1H3. The van der Waals surface area contributed by atoms with Gasteiger partial charge in [0.15, 0.2) is 0 Å². The number of hydrogen-bond acceptors (Lipinski definition) is 1. The van der Waals surface area contributed by atoms with Gasteiger partial charge >= 0.3 is 0 Å². The highest BCUT2D eigenvalue weighted by Crippen LogP contribution is 2.47. The van der Waals surface area contributed by atoms with Crippen LogP contribution in [0.25, 0.3) is 0 Å². The van der Waals surface area contributed by atoms with Crippen LogP contribution in [0.1, 0.15) is 44.2 Å². The summed E-state index contributed by atoms with van der Waals surface area (Å²) in [4.78, 5) is 0. The molecule has 1 aromatic rings. The summed E-state index contributed by atoms with van der Waals surface area (Å²) in [7, 11) is 0. The quantitative estimate of drug-likeness (QED) is 0.810. The van der Waals surface area contributed by atoms with Crippen LogP contribution >= 0.6 is 0 Å². The summed E-state index contributed by atoms with van der Waals surface area (Å²) < 4.78 is 0. The normalized spacial score (nSPS) is 30.8. The van der Waals surface area contributed by atoms with E-state index in [9.17, 15) is 0 Å². The van der Waals surface area contributed by atoms with Crippen molar-refractivity contribution in [1.82, 2.24) is 5.32 Å². The van der Waals surface area contributed by atoms with Gasteiger partial charge in [-0.2, -0.15) is 0 Å². The van der Waals surface area contributed by atoms with Crippen LogP contribution in [-0.4, -0.2) is 6.04 Å². The maximum absolute atomic E-state index is 3.86. The lowest BCUT2D eigenvalue weighted by Gasteiger charge is -2.32. The van der Waals surface area contributed by atoms with E-state index in [0.29, 0.717) is 6.04 Å². The van der Waals surface area contributed by atoms with Crippen LogP contribution in [0, 0.1) is 11.8 Å². The highest BCUT2D eigenvalue weighted by molar-refractivity contribution is 5.22. The second kappa shape index (κ2) is 4.21. The first-order valence-corrected chi connectivity index (χ1v) is 6.65. The van der Waals surface area contributed by atoms with Gasteiger partial charge in [-0.05, 0) is 36.7 Å². The van der Waals surface area contributed by atoms with E-state index >= 15 is 0 Å². The Balaban J connectivity index is 1.73. The lowest BCUT2D eigenvalue weighted by molar-refractivity contribution is 0.287. The van der Waals surface area contributed by atoms with Gasteiger partial charge < -0.3 is 5.32 Å². The van der Waals surface area contributed by atoms with Gasteiger partial charge in [0, 0.05) is 12.1 Å². The fourth-order valence-corrected chi connectivity index (χ4v) is 2.77.